The summed E-state index contributed by atoms with van der Waals surface area (Å²) in [5, 5.41) is 9.51. The lowest BCUT2D eigenvalue weighted by atomic mass is 9.97. The molecule has 2 nitrogen and oxygen atoms in total. The molecule has 0 radical (unpaired) electrons. The molecule has 0 aliphatic heterocycles. The van der Waals surface area contributed by atoms with Gasteiger partial charge in [-0.05, 0) is 86.3 Å². The van der Waals surface area contributed by atoms with Crippen molar-refractivity contribution in [3.63, 3.8) is 0 Å². The second-order valence-corrected chi connectivity index (χ2v) is 12.9. The van der Waals surface area contributed by atoms with Crippen LogP contribution in [0.5, 0.6) is 0 Å². The molecule has 0 N–H and O–H groups in total. The molecule has 0 saturated heterocycles. The molecule has 50 heavy (non-hydrogen) atoms. The molecule has 234 valence electrons. The molecular formula is C48H31NO. The van der Waals surface area contributed by atoms with E-state index in [1.807, 2.05) is 0 Å². The minimum Gasteiger partial charge on any atom is -0.455 e. The van der Waals surface area contributed by atoms with E-state index in [1.165, 1.54) is 38.1 Å². The van der Waals surface area contributed by atoms with Crippen LogP contribution in [0, 0.1) is 0 Å². The summed E-state index contributed by atoms with van der Waals surface area (Å²) in [6.07, 6.45) is 0. The second kappa shape index (κ2) is 11.5. The largest absolute Gasteiger partial charge is 0.455 e. The summed E-state index contributed by atoms with van der Waals surface area (Å²) in [6, 6.07) is 67.5. The van der Waals surface area contributed by atoms with Crippen molar-refractivity contribution in [2.45, 2.75) is 0 Å². The standard InChI is InChI=1S/C48H31NO/c1-4-18-39-32(11-1)14-8-21-40(39)35-25-28-37(29-26-35)49(45-23-9-15-33-12-2-5-19-41(33)45)38-17-7-16-36(31-38)42-22-10-24-46-47(42)44-30-27-34-13-3-6-20-43(34)48(44)50-46/h1-31H. The number of hydrogen-bond donors (Lipinski definition) is 0. The summed E-state index contributed by atoms with van der Waals surface area (Å²) in [4.78, 5) is 2.39. The van der Waals surface area contributed by atoms with Crippen molar-refractivity contribution in [2.24, 2.45) is 0 Å². The van der Waals surface area contributed by atoms with Crippen LogP contribution in [0.3, 0.4) is 0 Å². The summed E-state index contributed by atoms with van der Waals surface area (Å²) in [5.74, 6) is 0. The van der Waals surface area contributed by atoms with Gasteiger partial charge in [-0.2, -0.15) is 0 Å². The lowest BCUT2D eigenvalue weighted by Crippen LogP contribution is -2.10. The minimum atomic E-state index is 0.897. The summed E-state index contributed by atoms with van der Waals surface area (Å²) in [6.45, 7) is 0. The van der Waals surface area contributed by atoms with Gasteiger partial charge in [-0.15, -0.1) is 0 Å². The molecule has 0 unspecified atom stereocenters. The molecule has 2 heteroatoms. The highest BCUT2D eigenvalue weighted by Crippen LogP contribution is 2.43. The van der Waals surface area contributed by atoms with Gasteiger partial charge < -0.3 is 9.32 Å². The number of nitrogens with zero attached hydrogens (tertiary/aromatic N) is 1. The van der Waals surface area contributed by atoms with Crippen molar-refractivity contribution in [3.05, 3.63) is 188 Å². The van der Waals surface area contributed by atoms with Crippen molar-refractivity contribution in [1.29, 1.82) is 0 Å². The van der Waals surface area contributed by atoms with Crippen LogP contribution in [0.25, 0.3) is 76.5 Å². The van der Waals surface area contributed by atoms with Crippen LogP contribution < -0.4 is 4.90 Å². The van der Waals surface area contributed by atoms with Crippen LogP contribution in [0.1, 0.15) is 0 Å². The van der Waals surface area contributed by atoms with Gasteiger partial charge in [0.2, 0.25) is 0 Å². The number of benzene rings is 9. The van der Waals surface area contributed by atoms with E-state index >= 15 is 0 Å². The maximum Gasteiger partial charge on any atom is 0.143 e. The Morgan fingerprint density at radius 3 is 1.80 bits per heavy atom. The average molecular weight is 638 g/mol. The first-order chi connectivity index (χ1) is 24.8. The minimum absolute atomic E-state index is 0.897. The first kappa shape index (κ1) is 28.4. The van der Waals surface area contributed by atoms with Crippen LogP contribution in [-0.4, -0.2) is 0 Å². The van der Waals surface area contributed by atoms with Crippen molar-refractivity contribution >= 4 is 71.3 Å². The number of anilines is 3. The topological polar surface area (TPSA) is 16.4 Å². The van der Waals surface area contributed by atoms with Gasteiger partial charge in [-0.25, -0.2) is 0 Å². The molecule has 0 fully saturated rings. The summed E-state index contributed by atoms with van der Waals surface area (Å²) in [7, 11) is 0. The van der Waals surface area contributed by atoms with Crippen molar-refractivity contribution < 1.29 is 4.42 Å². The smallest absolute Gasteiger partial charge is 0.143 e. The third-order valence-corrected chi connectivity index (χ3v) is 10.0. The Balaban J connectivity index is 1.15. The van der Waals surface area contributed by atoms with Gasteiger partial charge in [0.05, 0.1) is 5.69 Å². The predicted octanol–water partition coefficient (Wildman–Crippen LogP) is 13.8. The fourth-order valence-electron chi connectivity index (χ4n) is 7.70. The number of rotatable bonds is 5. The van der Waals surface area contributed by atoms with Crippen molar-refractivity contribution in [1.82, 2.24) is 0 Å². The molecular weight excluding hydrogens is 607 g/mol. The van der Waals surface area contributed by atoms with Gasteiger partial charge in [-0.3, -0.25) is 0 Å². The van der Waals surface area contributed by atoms with E-state index in [0.717, 1.165) is 55.5 Å². The van der Waals surface area contributed by atoms with Crippen LogP contribution >= 0.6 is 0 Å². The number of fused-ring (bicyclic) bond motifs is 7. The molecule has 9 aromatic carbocycles. The SMILES string of the molecule is c1cc(-c2cccc3oc4c5ccccc5ccc4c23)cc(N(c2ccc(-c3cccc4ccccc34)cc2)c2cccc3ccccc23)c1. The molecule has 10 aromatic rings. The quantitative estimate of drug-likeness (QED) is 0.187. The predicted molar refractivity (Wildman–Crippen MR) is 212 cm³/mol. The van der Waals surface area contributed by atoms with E-state index in [1.54, 1.807) is 0 Å². The fourth-order valence-corrected chi connectivity index (χ4v) is 7.70. The molecule has 0 amide bonds. The van der Waals surface area contributed by atoms with Crippen LogP contribution in [0.2, 0.25) is 0 Å². The van der Waals surface area contributed by atoms with E-state index in [9.17, 15) is 0 Å². The Morgan fingerprint density at radius 1 is 0.360 bits per heavy atom. The van der Waals surface area contributed by atoms with Crippen LogP contribution in [-0.2, 0) is 0 Å². The van der Waals surface area contributed by atoms with E-state index in [2.05, 4.69) is 193 Å². The molecule has 10 rings (SSSR count). The Labute approximate surface area is 290 Å². The maximum absolute atomic E-state index is 6.56. The zero-order valence-corrected chi connectivity index (χ0v) is 27.3. The monoisotopic (exact) mass is 637 g/mol. The average Bonchev–Trinajstić information content (AvgIpc) is 3.58. The number of furan rings is 1. The van der Waals surface area contributed by atoms with Gasteiger partial charge in [-0.1, -0.05) is 146 Å². The van der Waals surface area contributed by atoms with Gasteiger partial charge in [0, 0.05) is 32.9 Å². The van der Waals surface area contributed by atoms with E-state index in [0.29, 0.717) is 0 Å². The molecule has 1 aromatic heterocycles. The molecule has 0 aliphatic rings. The summed E-state index contributed by atoms with van der Waals surface area (Å²) in [5.41, 5.74) is 9.89. The van der Waals surface area contributed by atoms with Gasteiger partial charge in [0.1, 0.15) is 11.2 Å². The molecule has 0 aliphatic carbocycles. The van der Waals surface area contributed by atoms with Gasteiger partial charge in [0.25, 0.3) is 0 Å². The van der Waals surface area contributed by atoms with Crippen molar-refractivity contribution in [2.75, 3.05) is 4.90 Å². The highest BCUT2D eigenvalue weighted by molar-refractivity contribution is 6.19. The first-order valence-electron chi connectivity index (χ1n) is 17.1. The molecule has 1 heterocycles. The highest BCUT2D eigenvalue weighted by Gasteiger charge is 2.19. The zero-order valence-electron chi connectivity index (χ0n) is 27.3. The highest BCUT2D eigenvalue weighted by atomic mass is 16.3. The van der Waals surface area contributed by atoms with Gasteiger partial charge >= 0.3 is 0 Å². The Bertz CT molecular complexity index is 2870. The van der Waals surface area contributed by atoms with E-state index < -0.39 is 0 Å². The van der Waals surface area contributed by atoms with Gasteiger partial charge in [0.15, 0.2) is 0 Å². The third kappa shape index (κ3) is 4.57. The normalized spacial score (nSPS) is 11.6. The van der Waals surface area contributed by atoms with E-state index in [-0.39, 0.29) is 0 Å². The lowest BCUT2D eigenvalue weighted by Gasteiger charge is -2.27. The molecule has 0 spiro atoms. The maximum atomic E-state index is 6.56. The summed E-state index contributed by atoms with van der Waals surface area (Å²) >= 11 is 0. The van der Waals surface area contributed by atoms with E-state index in [4.69, 9.17) is 4.42 Å². The Hall–Kier alpha value is -6.64. The molecule has 0 saturated carbocycles. The Kier molecular flexibility index (Phi) is 6.53. The fraction of sp³-hybridized carbons (Fsp3) is 0. The molecule has 0 atom stereocenters. The van der Waals surface area contributed by atoms with Crippen LogP contribution in [0.4, 0.5) is 17.1 Å². The number of hydrogen-bond acceptors (Lipinski definition) is 2. The van der Waals surface area contributed by atoms with Crippen LogP contribution in [0.15, 0.2) is 192 Å². The third-order valence-electron chi connectivity index (χ3n) is 10.0. The summed E-state index contributed by atoms with van der Waals surface area (Å²) < 4.78 is 6.56. The first-order valence-corrected chi connectivity index (χ1v) is 17.1. The lowest BCUT2D eigenvalue weighted by molar-refractivity contribution is 0.673. The van der Waals surface area contributed by atoms with Crippen molar-refractivity contribution in [3.8, 4) is 22.3 Å². The molecule has 0 bridgehead atoms. The zero-order chi connectivity index (χ0) is 33.0. The second-order valence-electron chi connectivity index (χ2n) is 12.9. The Morgan fingerprint density at radius 2 is 0.980 bits per heavy atom.